The lowest BCUT2D eigenvalue weighted by molar-refractivity contribution is -0.139. The first kappa shape index (κ1) is 15.7. The fourth-order valence-corrected chi connectivity index (χ4v) is 2.10. The summed E-state index contributed by atoms with van der Waals surface area (Å²) in [4.78, 5) is 11.1. The van der Waals surface area contributed by atoms with Crippen molar-refractivity contribution in [1.82, 2.24) is 0 Å². The summed E-state index contributed by atoms with van der Waals surface area (Å²) in [6.07, 6.45) is 0.899. The van der Waals surface area contributed by atoms with Crippen molar-refractivity contribution in [2.45, 2.75) is 13.3 Å². The van der Waals surface area contributed by atoms with E-state index in [2.05, 4.69) is 0 Å². The number of ether oxygens (including phenoxy) is 3. The number of benzene rings is 1. The zero-order chi connectivity index (χ0) is 13.9. The minimum absolute atomic E-state index is 0.149. The number of rotatable bonds is 9. The van der Waals surface area contributed by atoms with Crippen LogP contribution in [0.5, 0.6) is 11.5 Å². The molecule has 106 valence electrons. The van der Waals surface area contributed by atoms with Gasteiger partial charge in [0.2, 0.25) is 0 Å². The summed E-state index contributed by atoms with van der Waals surface area (Å²) in [5.74, 6) is 2.79. The summed E-state index contributed by atoms with van der Waals surface area (Å²) in [6, 6.07) is 7.49. The second kappa shape index (κ2) is 9.55. The Morgan fingerprint density at radius 3 is 2.53 bits per heavy atom. The normalized spacial score (nSPS) is 10.0. The molecule has 0 fully saturated rings. The van der Waals surface area contributed by atoms with Crippen molar-refractivity contribution in [1.29, 1.82) is 0 Å². The van der Waals surface area contributed by atoms with Gasteiger partial charge >= 0.3 is 5.97 Å². The second-order valence-corrected chi connectivity index (χ2v) is 4.84. The standard InChI is InChI=1S/C14H20O4S/c1-3-17-14(15)11-19-10-4-9-18-13-7-5-12(16-2)6-8-13/h5-8H,3-4,9-11H2,1-2H3. The molecular weight excluding hydrogens is 264 g/mol. The first-order valence-electron chi connectivity index (χ1n) is 6.26. The predicted octanol–water partition coefficient (Wildman–Crippen LogP) is 2.76. The number of esters is 1. The van der Waals surface area contributed by atoms with E-state index in [-0.39, 0.29) is 5.97 Å². The van der Waals surface area contributed by atoms with Crippen molar-refractivity contribution in [3.8, 4) is 11.5 Å². The van der Waals surface area contributed by atoms with Crippen molar-refractivity contribution >= 4 is 17.7 Å². The van der Waals surface area contributed by atoms with Gasteiger partial charge in [-0.1, -0.05) is 0 Å². The Hall–Kier alpha value is -1.36. The number of methoxy groups -OCH3 is 1. The number of hydrogen-bond donors (Lipinski definition) is 0. The lowest BCUT2D eigenvalue weighted by atomic mass is 10.3. The Balaban J connectivity index is 2.05. The highest BCUT2D eigenvalue weighted by Crippen LogP contribution is 2.17. The number of carbonyl (C=O) groups excluding carboxylic acids is 1. The summed E-state index contributed by atoms with van der Waals surface area (Å²) in [6.45, 7) is 2.90. The van der Waals surface area contributed by atoms with Gasteiger partial charge in [0.15, 0.2) is 0 Å². The molecule has 0 N–H and O–H groups in total. The Morgan fingerprint density at radius 1 is 1.21 bits per heavy atom. The van der Waals surface area contributed by atoms with E-state index in [1.165, 1.54) is 0 Å². The molecule has 0 atom stereocenters. The largest absolute Gasteiger partial charge is 0.497 e. The van der Waals surface area contributed by atoms with Crippen LogP contribution in [0.1, 0.15) is 13.3 Å². The minimum atomic E-state index is -0.149. The number of hydrogen-bond acceptors (Lipinski definition) is 5. The molecule has 1 rings (SSSR count). The van der Waals surface area contributed by atoms with Crippen LogP contribution >= 0.6 is 11.8 Å². The van der Waals surface area contributed by atoms with Crippen LogP contribution in [0, 0.1) is 0 Å². The minimum Gasteiger partial charge on any atom is -0.497 e. The highest BCUT2D eigenvalue weighted by molar-refractivity contribution is 7.99. The van der Waals surface area contributed by atoms with Crippen molar-refractivity contribution in [2.24, 2.45) is 0 Å². The van der Waals surface area contributed by atoms with Crippen molar-refractivity contribution in [3.05, 3.63) is 24.3 Å². The van der Waals surface area contributed by atoms with Crippen LogP contribution in [-0.2, 0) is 9.53 Å². The van der Waals surface area contributed by atoms with E-state index in [1.54, 1.807) is 18.9 Å². The van der Waals surface area contributed by atoms with Gasteiger partial charge in [-0.2, -0.15) is 11.8 Å². The van der Waals surface area contributed by atoms with Crippen LogP contribution < -0.4 is 9.47 Å². The molecule has 0 aliphatic carbocycles. The van der Waals surface area contributed by atoms with Crippen LogP contribution in [0.15, 0.2) is 24.3 Å². The predicted molar refractivity (Wildman–Crippen MR) is 77.1 cm³/mol. The molecule has 0 aromatic heterocycles. The van der Waals surface area contributed by atoms with Gasteiger partial charge in [0.25, 0.3) is 0 Å². The van der Waals surface area contributed by atoms with Crippen LogP contribution in [0.2, 0.25) is 0 Å². The van der Waals surface area contributed by atoms with Gasteiger partial charge in [-0.25, -0.2) is 0 Å². The van der Waals surface area contributed by atoms with Crippen LogP contribution in [0.4, 0.5) is 0 Å². The van der Waals surface area contributed by atoms with E-state index in [1.807, 2.05) is 31.2 Å². The SMILES string of the molecule is CCOC(=O)CSCCCOc1ccc(OC)cc1. The third-order valence-corrected chi connectivity index (χ3v) is 3.30. The lowest BCUT2D eigenvalue weighted by Gasteiger charge is -2.07. The quantitative estimate of drug-likeness (QED) is 0.515. The third kappa shape index (κ3) is 6.96. The monoisotopic (exact) mass is 284 g/mol. The molecule has 0 heterocycles. The zero-order valence-electron chi connectivity index (χ0n) is 11.4. The van der Waals surface area contributed by atoms with Crippen LogP contribution in [0.25, 0.3) is 0 Å². The first-order chi connectivity index (χ1) is 9.26. The van der Waals surface area contributed by atoms with E-state index in [9.17, 15) is 4.79 Å². The van der Waals surface area contributed by atoms with Crippen LogP contribution in [0.3, 0.4) is 0 Å². The second-order valence-electron chi connectivity index (χ2n) is 3.74. The van der Waals surface area contributed by atoms with Gasteiger partial charge in [-0.3, -0.25) is 4.79 Å². The highest BCUT2D eigenvalue weighted by atomic mass is 32.2. The van der Waals surface area contributed by atoms with Gasteiger partial charge in [-0.15, -0.1) is 0 Å². The van der Waals surface area contributed by atoms with Gasteiger partial charge in [0.05, 0.1) is 26.1 Å². The molecule has 5 heteroatoms. The molecular formula is C14H20O4S. The average Bonchev–Trinajstić information content (AvgIpc) is 2.43. The molecule has 4 nitrogen and oxygen atoms in total. The van der Waals surface area contributed by atoms with Crippen molar-refractivity contribution in [2.75, 3.05) is 31.8 Å². The molecule has 1 aromatic rings. The fourth-order valence-electron chi connectivity index (χ4n) is 1.38. The molecule has 0 radical (unpaired) electrons. The molecule has 0 spiro atoms. The molecule has 0 amide bonds. The van der Waals surface area contributed by atoms with Gasteiger partial charge in [0.1, 0.15) is 11.5 Å². The highest BCUT2D eigenvalue weighted by Gasteiger charge is 2.01. The molecule has 0 saturated carbocycles. The van der Waals surface area contributed by atoms with E-state index < -0.39 is 0 Å². The molecule has 0 unspecified atom stereocenters. The average molecular weight is 284 g/mol. The maximum absolute atomic E-state index is 11.1. The molecule has 1 aromatic carbocycles. The molecule has 0 aliphatic heterocycles. The van der Waals surface area contributed by atoms with Crippen molar-refractivity contribution < 1.29 is 19.0 Å². The van der Waals surface area contributed by atoms with Crippen molar-refractivity contribution in [3.63, 3.8) is 0 Å². The molecule has 0 saturated heterocycles. The Kier molecular flexibility index (Phi) is 7.89. The first-order valence-corrected chi connectivity index (χ1v) is 7.42. The lowest BCUT2D eigenvalue weighted by Crippen LogP contribution is -2.07. The topological polar surface area (TPSA) is 44.8 Å². The Morgan fingerprint density at radius 2 is 1.89 bits per heavy atom. The summed E-state index contributed by atoms with van der Waals surface area (Å²) >= 11 is 1.57. The molecule has 0 bridgehead atoms. The summed E-state index contributed by atoms with van der Waals surface area (Å²) < 4.78 is 15.5. The maximum Gasteiger partial charge on any atom is 0.315 e. The zero-order valence-corrected chi connectivity index (χ0v) is 12.2. The van der Waals surface area contributed by atoms with E-state index in [0.29, 0.717) is 19.0 Å². The summed E-state index contributed by atoms with van der Waals surface area (Å²) in [5.41, 5.74) is 0. The van der Waals surface area contributed by atoms with E-state index >= 15 is 0 Å². The molecule has 0 aliphatic rings. The smallest absolute Gasteiger partial charge is 0.315 e. The van der Waals surface area contributed by atoms with Crippen LogP contribution in [-0.4, -0.2) is 37.8 Å². The summed E-state index contributed by atoms with van der Waals surface area (Å²) in [5, 5.41) is 0. The number of carbonyl (C=O) groups is 1. The van der Waals surface area contributed by atoms with Gasteiger partial charge in [0, 0.05) is 0 Å². The van der Waals surface area contributed by atoms with E-state index in [4.69, 9.17) is 14.2 Å². The van der Waals surface area contributed by atoms with E-state index in [0.717, 1.165) is 23.7 Å². The van der Waals surface area contributed by atoms with Gasteiger partial charge in [-0.05, 0) is 43.4 Å². The van der Waals surface area contributed by atoms with Gasteiger partial charge < -0.3 is 14.2 Å². The fraction of sp³-hybridized carbons (Fsp3) is 0.500. The number of thioether (sulfide) groups is 1. The maximum atomic E-state index is 11.1. The Labute approximate surface area is 118 Å². The Bertz CT molecular complexity index is 364. The molecule has 19 heavy (non-hydrogen) atoms. The summed E-state index contributed by atoms with van der Waals surface area (Å²) in [7, 11) is 1.64. The third-order valence-electron chi connectivity index (χ3n) is 2.29.